The summed E-state index contributed by atoms with van der Waals surface area (Å²) in [4.78, 5) is 41.9. The highest BCUT2D eigenvalue weighted by Gasteiger charge is 2.35. The molecule has 2 aliphatic rings. The molecule has 2 aliphatic heterocycles. The maximum atomic E-state index is 13.1. The number of likely N-dealkylation sites (N-methyl/N-ethyl adjacent to an activating group) is 1. The van der Waals surface area contributed by atoms with Crippen LogP contribution in [0.15, 0.2) is 30.3 Å². The molecule has 8 heteroatoms. The lowest BCUT2D eigenvalue weighted by molar-refractivity contribution is -0.143. The molecule has 0 radical (unpaired) electrons. The van der Waals surface area contributed by atoms with Crippen LogP contribution >= 0.6 is 11.3 Å². The number of carbonyl (C=O) groups excluding carboxylic acids is 3. The van der Waals surface area contributed by atoms with Gasteiger partial charge in [-0.1, -0.05) is 30.3 Å². The minimum atomic E-state index is -0.659. The number of fused-ring (bicyclic) bond motifs is 3. The summed E-state index contributed by atoms with van der Waals surface area (Å²) in [5.74, 6) is -0.454. The summed E-state index contributed by atoms with van der Waals surface area (Å²) in [6.45, 7) is 0.963. The van der Waals surface area contributed by atoms with Gasteiger partial charge in [0.2, 0.25) is 5.91 Å². The van der Waals surface area contributed by atoms with E-state index in [1.165, 1.54) is 23.3 Å². The Balaban J connectivity index is 1.61. The van der Waals surface area contributed by atoms with Crippen LogP contribution in [0.2, 0.25) is 0 Å². The highest BCUT2D eigenvalue weighted by molar-refractivity contribution is 7.17. The van der Waals surface area contributed by atoms with Crippen LogP contribution in [0.1, 0.15) is 32.5 Å². The number of ether oxygens (including phenoxy) is 1. The molecule has 0 spiro atoms. The lowest BCUT2D eigenvalue weighted by atomic mass is 10.0. The Kier molecular flexibility index (Phi) is 4.91. The van der Waals surface area contributed by atoms with Crippen molar-refractivity contribution in [2.75, 3.05) is 32.6 Å². The van der Waals surface area contributed by atoms with Crippen LogP contribution in [0.3, 0.4) is 0 Å². The Bertz CT molecular complexity index is 940. The van der Waals surface area contributed by atoms with Gasteiger partial charge in [-0.25, -0.2) is 0 Å². The second-order valence-electron chi connectivity index (χ2n) is 6.95. The van der Waals surface area contributed by atoms with Gasteiger partial charge in [-0.2, -0.15) is 0 Å². The molecule has 3 heterocycles. The van der Waals surface area contributed by atoms with E-state index < -0.39 is 6.10 Å². The SMILES string of the molecule is COC(C(=O)N1CCc2c(sc3c2C(=O)N(C)CC(=O)N3)C1)c1ccccc1. The topological polar surface area (TPSA) is 79.0 Å². The molecule has 1 aromatic carbocycles. The van der Waals surface area contributed by atoms with Gasteiger partial charge >= 0.3 is 0 Å². The standard InChI is InChI=1S/C20H21N3O4S/c1-22-11-15(24)21-18-16(19(22)25)13-8-9-23(10-14(13)28-18)20(26)17(27-2)12-6-4-3-5-7-12/h3-7,17H,8-11H2,1-2H3,(H,21,24). The quantitative estimate of drug-likeness (QED) is 0.857. The first-order valence-electron chi connectivity index (χ1n) is 9.06. The first-order chi connectivity index (χ1) is 13.5. The van der Waals surface area contributed by atoms with Crippen LogP contribution in [0.4, 0.5) is 5.00 Å². The van der Waals surface area contributed by atoms with Gasteiger partial charge in [-0.05, 0) is 17.5 Å². The summed E-state index contributed by atoms with van der Waals surface area (Å²) in [5, 5.41) is 3.42. The molecular formula is C20H21N3O4S. The van der Waals surface area contributed by atoms with Crippen LogP contribution in [0.25, 0.3) is 0 Å². The number of nitrogens with one attached hydrogen (secondary N) is 1. The molecule has 0 fully saturated rings. The molecule has 1 N–H and O–H groups in total. The van der Waals surface area contributed by atoms with Gasteiger partial charge < -0.3 is 19.9 Å². The fourth-order valence-corrected chi connectivity index (χ4v) is 4.99. The molecule has 2 aromatic rings. The summed E-state index contributed by atoms with van der Waals surface area (Å²) >= 11 is 1.38. The zero-order valence-electron chi connectivity index (χ0n) is 15.7. The van der Waals surface area contributed by atoms with Crippen LogP contribution < -0.4 is 5.32 Å². The average Bonchev–Trinajstić information content (AvgIpc) is 3.00. The highest BCUT2D eigenvalue weighted by atomic mass is 32.1. The van der Waals surface area contributed by atoms with Crippen molar-refractivity contribution in [3.8, 4) is 0 Å². The number of methoxy groups -OCH3 is 1. The number of hydrogen-bond donors (Lipinski definition) is 1. The van der Waals surface area contributed by atoms with Crippen molar-refractivity contribution in [3.05, 3.63) is 51.9 Å². The molecule has 0 aliphatic carbocycles. The van der Waals surface area contributed by atoms with E-state index in [-0.39, 0.29) is 24.3 Å². The Hall–Kier alpha value is -2.71. The van der Waals surface area contributed by atoms with Gasteiger partial charge in [0.05, 0.1) is 18.7 Å². The van der Waals surface area contributed by atoms with Crippen LogP contribution in [-0.4, -0.2) is 54.8 Å². The van der Waals surface area contributed by atoms with Crippen molar-refractivity contribution in [2.24, 2.45) is 0 Å². The van der Waals surface area contributed by atoms with E-state index in [0.717, 1.165) is 16.0 Å². The van der Waals surface area contributed by atoms with Crippen molar-refractivity contribution in [2.45, 2.75) is 19.1 Å². The summed E-state index contributed by atoms with van der Waals surface area (Å²) in [6, 6.07) is 9.40. The molecule has 7 nitrogen and oxygen atoms in total. The molecule has 0 bridgehead atoms. The number of carbonyl (C=O) groups is 3. The number of thiophene rings is 1. The molecule has 0 saturated heterocycles. The maximum Gasteiger partial charge on any atom is 0.257 e. The van der Waals surface area contributed by atoms with Crippen molar-refractivity contribution in [1.29, 1.82) is 0 Å². The average molecular weight is 399 g/mol. The molecule has 0 saturated carbocycles. The van der Waals surface area contributed by atoms with Crippen LogP contribution in [-0.2, 0) is 27.3 Å². The first-order valence-corrected chi connectivity index (χ1v) is 9.87. The predicted molar refractivity (Wildman–Crippen MR) is 105 cm³/mol. The Morgan fingerprint density at radius 2 is 1.96 bits per heavy atom. The van der Waals surface area contributed by atoms with Gasteiger partial charge in [0, 0.05) is 25.6 Å². The third-order valence-corrected chi connectivity index (χ3v) is 6.26. The van der Waals surface area contributed by atoms with E-state index in [1.807, 2.05) is 30.3 Å². The number of rotatable bonds is 3. The lowest BCUT2D eigenvalue weighted by Crippen LogP contribution is -2.39. The van der Waals surface area contributed by atoms with E-state index in [2.05, 4.69) is 5.32 Å². The smallest absolute Gasteiger partial charge is 0.257 e. The molecule has 1 atom stereocenters. The third-order valence-electron chi connectivity index (χ3n) is 5.13. The minimum Gasteiger partial charge on any atom is -0.367 e. The van der Waals surface area contributed by atoms with Crippen LogP contribution in [0.5, 0.6) is 0 Å². The Morgan fingerprint density at radius 3 is 2.68 bits per heavy atom. The largest absolute Gasteiger partial charge is 0.367 e. The van der Waals surface area contributed by atoms with Gasteiger partial charge in [0.25, 0.3) is 11.8 Å². The van der Waals surface area contributed by atoms with E-state index in [1.54, 1.807) is 11.9 Å². The van der Waals surface area contributed by atoms with E-state index in [4.69, 9.17) is 4.74 Å². The number of hydrogen-bond acceptors (Lipinski definition) is 5. The van der Waals surface area contributed by atoms with Gasteiger partial charge in [0.15, 0.2) is 6.10 Å². The molecule has 3 amide bonds. The van der Waals surface area contributed by atoms with Crippen molar-refractivity contribution in [1.82, 2.24) is 9.80 Å². The van der Waals surface area contributed by atoms with E-state index >= 15 is 0 Å². The number of nitrogens with zero attached hydrogens (tertiary/aromatic N) is 2. The molecule has 1 aromatic heterocycles. The zero-order chi connectivity index (χ0) is 19.8. The monoisotopic (exact) mass is 399 g/mol. The van der Waals surface area contributed by atoms with E-state index in [0.29, 0.717) is 30.1 Å². The summed E-state index contributed by atoms with van der Waals surface area (Å²) in [6.07, 6.45) is -0.0823. The molecule has 146 valence electrons. The van der Waals surface area contributed by atoms with Gasteiger partial charge in [0.1, 0.15) is 5.00 Å². The van der Waals surface area contributed by atoms with Crippen LogP contribution in [0, 0.1) is 0 Å². The van der Waals surface area contributed by atoms with Gasteiger partial charge in [-0.15, -0.1) is 11.3 Å². The third kappa shape index (κ3) is 3.18. The second-order valence-corrected chi connectivity index (χ2v) is 8.06. The fraction of sp³-hybridized carbons (Fsp3) is 0.350. The number of amides is 3. The molecule has 4 rings (SSSR count). The summed E-state index contributed by atoms with van der Waals surface area (Å²) in [5.41, 5.74) is 2.33. The molecule has 1 unspecified atom stereocenters. The highest BCUT2D eigenvalue weighted by Crippen LogP contribution is 2.39. The minimum absolute atomic E-state index is 0.0478. The normalized spacial score (nSPS) is 17.5. The van der Waals surface area contributed by atoms with Crippen molar-refractivity contribution in [3.63, 3.8) is 0 Å². The van der Waals surface area contributed by atoms with Crippen molar-refractivity contribution >= 4 is 34.1 Å². The lowest BCUT2D eigenvalue weighted by Gasteiger charge is -2.30. The number of benzene rings is 1. The summed E-state index contributed by atoms with van der Waals surface area (Å²) < 4.78 is 5.48. The maximum absolute atomic E-state index is 13.1. The fourth-order valence-electron chi connectivity index (χ4n) is 3.72. The predicted octanol–water partition coefficient (Wildman–Crippen LogP) is 2.04. The zero-order valence-corrected chi connectivity index (χ0v) is 16.5. The van der Waals surface area contributed by atoms with Crippen molar-refractivity contribution < 1.29 is 19.1 Å². The Morgan fingerprint density at radius 1 is 1.21 bits per heavy atom. The summed E-state index contributed by atoms with van der Waals surface area (Å²) in [7, 11) is 3.16. The first kappa shape index (κ1) is 18.6. The Labute approximate surface area is 166 Å². The second kappa shape index (κ2) is 7.37. The molecule has 28 heavy (non-hydrogen) atoms. The number of anilines is 1. The van der Waals surface area contributed by atoms with Gasteiger partial charge in [-0.3, -0.25) is 14.4 Å². The molecular weight excluding hydrogens is 378 g/mol. The van der Waals surface area contributed by atoms with E-state index in [9.17, 15) is 14.4 Å².